The predicted octanol–water partition coefficient (Wildman–Crippen LogP) is 2.98. The lowest BCUT2D eigenvalue weighted by Gasteiger charge is -2.21. The van der Waals surface area contributed by atoms with Gasteiger partial charge in [0.15, 0.2) is 0 Å². The van der Waals surface area contributed by atoms with Gasteiger partial charge in [-0.15, -0.1) is 0 Å². The molecule has 2 heterocycles. The van der Waals surface area contributed by atoms with Crippen molar-refractivity contribution in [1.29, 1.82) is 0 Å². The third-order valence-corrected chi connectivity index (χ3v) is 5.10. The van der Waals surface area contributed by atoms with Crippen molar-refractivity contribution in [2.45, 2.75) is 19.3 Å². The SMILES string of the molecule is O=C1CCCN1c1ccccc1NCC1CCSC1. The van der Waals surface area contributed by atoms with Gasteiger partial charge in [0.25, 0.3) is 0 Å². The Hall–Kier alpha value is -1.16. The summed E-state index contributed by atoms with van der Waals surface area (Å²) in [6.07, 6.45) is 2.97. The van der Waals surface area contributed by atoms with E-state index in [1.165, 1.54) is 17.9 Å². The molecule has 0 spiro atoms. The van der Waals surface area contributed by atoms with Crippen LogP contribution in [0.15, 0.2) is 24.3 Å². The Bertz CT molecular complexity index is 457. The zero-order valence-corrected chi connectivity index (χ0v) is 11.9. The highest BCUT2D eigenvalue weighted by Gasteiger charge is 2.24. The number of amides is 1. The number of nitrogens with zero attached hydrogens (tertiary/aromatic N) is 1. The number of rotatable bonds is 4. The van der Waals surface area contributed by atoms with Gasteiger partial charge in [0, 0.05) is 19.5 Å². The quantitative estimate of drug-likeness (QED) is 0.917. The van der Waals surface area contributed by atoms with E-state index in [2.05, 4.69) is 17.4 Å². The van der Waals surface area contributed by atoms with E-state index in [0.717, 1.165) is 36.8 Å². The molecule has 3 nitrogen and oxygen atoms in total. The molecule has 0 aromatic heterocycles. The number of nitrogens with one attached hydrogen (secondary N) is 1. The van der Waals surface area contributed by atoms with E-state index in [9.17, 15) is 4.79 Å². The van der Waals surface area contributed by atoms with Gasteiger partial charge in [-0.25, -0.2) is 0 Å². The van der Waals surface area contributed by atoms with E-state index >= 15 is 0 Å². The molecule has 19 heavy (non-hydrogen) atoms. The summed E-state index contributed by atoms with van der Waals surface area (Å²) in [5.74, 6) is 3.58. The van der Waals surface area contributed by atoms with E-state index in [4.69, 9.17) is 0 Å². The fraction of sp³-hybridized carbons (Fsp3) is 0.533. The summed E-state index contributed by atoms with van der Waals surface area (Å²) >= 11 is 2.04. The van der Waals surface area contributed by atoms with Gasteiger partial charge in [-0.05, 0) is 42.4 Å². The monoisotopic (exact) mass is 276 g/mol. The first kappa shape index (κ1) is 12.9. The highest BCUT2D eigenvalue weighted by Crippen LogP contribution is 2.30. The minimum absolute atomic E-state index is 0.255. The van der Waals surface area contributed by atoms with Crippen molar-refractivity contribution in [1.82, 2.24) is 0 Å². The topological polar surface area (TPSA) is 32.3 Å². The Morgan fingerprint density at radius 1 is 1.37 bits per heavy atom. The molecule has 2 saturated heterocycles. The van der Waals surface area contributed by atoms with Crippen molar-refractivity contribution in [2.24, 2.45) is 5.92 Å². The smallest absolute Gasteiger partial charge is 0.227 e. The van der Waals surface area contributed by atoms with Crippen molar-refractivity contribution in [3.05, 3.63) is 24.3 Å². The standard InChI is InChI=1S/C15H20N2OS/c18-15-6-3-8-17(15)14-5-2-1-4-13(14)16-10-12-7-9-19-11-12/h1-2,4-5,12,16H,3,6-11H2. The molecule has 1 aromatic carbocycles. The Morgan fingerprint density at radius 2 is 2.26 bits per heavy atom. The summed E-state index contributed by atoms with van der Waals surface area (Å²) in [6, 6.07) is 8.19. The lowest BCUT2D eigenvalue weighted by atomic mass is 10.1. The molecule has 2 aliphatic heterocycles. The number of thioether (sulfide) groups is 1. The van der Waals surface area contributed by atoms with Crippen molar-refractivity contribution < 1.29 is 4.79 Å². The van der Waals surface area contributed by atoms with E-state index < -0.39 is 0 Å². The number of para-hydroxylation sites is 2. The second kappa shape index (κ2) is 5.87. The largest absolute Gasteiger partial charge is 0.383 e. The Labute approximate surface area is 118 Å². The molecular weight excluding hydrogens is 256 g/mol. The number of carbonyl (C=O) groups excluding carboxylic acids is 1. The van der Waals surface area contributed by atoms with Crippen LogP contribution in [0.5, 0.6) is 0 Å². The molecule has 0 aliphatic carbocycles. The summed E-state index contributed by atoms with van der Waals surface area (Å²) in [7, 11) is 0. The molecule has 0 radical (unpaired) electrons. The number of hydrogen-bond acceptors (Lipinski definition) is 3. The van der Waals surface area contributed by atoms with Crippen molar-refractivity contribution in [2.75, 3.05) is 34.8 Å². The second-order valence-electron chi connectivity index (χ2n) is 5.28. The normalized spacial score (nSPS) is 23.1. The van der Waals surface area contributed by atoms with Gasteiger partial charge in [-0.3, -0.25) is 4.79 Å². The molecule has 102 valence electrons. The Morgan fingerprint density at radius 3 is 3.00 bits per heavy atom. The first-order chi connectivity index (χ1) is 9.34. The molecule has 4 heteroatoms. The number of anilines is 2. The molecule has 1 atom stereocenters. The molecule has 2 aliphatic rings. The summed E-state index contributed by atoms with van der Waals surface area (Å²) in [4.78, 5) is 13.8. The predicted molar refractivity (Wildman–Crippen MR) is 82.0 cm³/mol. The zero-order valence-electron chi connectivity index (χ0n) is 11.1. The van der Waals surface area contributed by atoms with Crippen LogP contribution < -0.4 is 10.2 Å². The zero-order chi connectivity index (χ0) is 13.1. The Balaban J connectivity index is 1.71. The van der Waals surface area contributed by atoms with Crippen LogP contribution in [-0.2, 0) is 4.79 Å². The van der Waals surface area contributed by atoms with Crippen LogP contribution in [-0.4, -0.2) is 30.5 Å². The van der Waals surface area contributed by atoms with E-state index in [0.29, 0.717) is 6.42 Å². The van der Waals surface area contributed by atoms with Crippen LogP contribution in [0.3, 0.4) is 0 Å². The highest BCUT2D eigenvalue weighted by atomic mass is 32.2. The van der Waals surface area contributed by atoms with Gasteiger partial charge in [-0.2, -0.15) is 11.8 Å². The van der Waals surface area contributed by atoms with Gasteiger partial charge in [0.05, 0.1) is 11.4 Å². The molecule has 1 amide bonds. The average Bonchev–Trinajstić information content (AvgIpc) is 3.08. The summed E-state index contributed by atoms with van der Waals surface area (Å²) in [5.41, 5.74) is 2.16. The summed E-state index contributed by atoms with van der Waals surface area (Å²) < 4.78 is 0. The summed E-state index contributed by atoms with van der Waals surface area (Å²) in [5, 5.41) is 3.55. The number of carbonyl (C=O) groups is 1. The van der Waals surface area contributed by atoms with Crippen LogP contribution in [0.1, 0.15) is 19.3 Å². The fourth-order valence-electron chi connectivity index (χ4n) is 2.76. The van der Waals surface area contributed by atoms with Gasteiger partial charge in [0.2, 0.25) is 5.91 Å². The van der Waals surface area contributed by atoms with E-state index in [-0.39, 0.29) is 5.91 Å². The molecule has 1 N–H and O–H groups in total. The average molecular weight is 276 g/mol. The van der Waals surface area contributed by atoms with Crippen molar-refractivity contribution >= 4 is 29.0 Å². The molecular formula is C15H20N2OS. The first-order valence-electron chi connectivity index (χ1n) is 7.05. The van der Waals surface area contributed by atoms with E-state index in [1.807, 2.05) is 28.8 Å². The van der Waals surface area contributed by atoms with Crippen molar-refractivity contribution in [3.8, 4) is 0 Å². The van der Waals surface area contributed by atoms with Crippen LogP contribution in [0.4, 0.5) is 11.4 Å². The lowest BCUT2D eigenvalue weighted by molar-refractivity contribution is -0.117. The third-order valence-electron chi connectivity index (χ3n) is 3.87. The van der Waals surface area contributed by atoms with Crippen LogP contribution in [0.2, 0.25) is 0 Å². The van der Waals surface area contributed by atoms with Crippen LogP contribution in [0, 0.1) is 5.92 Å². The first-order valence-corrected chi connectivity index (χ1v) is 8.21. The highest BCUT2D eigenvalue weighted by molar-refractivity contribution is 7.99. The molecule has 2 fully saturated rings. The van der Waals surface area contributed by atoms with Crippen LogP contribution in [0.25, 0.3) is 0 Å². The molecule has 0 bridgehead atoms. The van der Waals surface area contributed by atoms with Gasteiger partial charge in [0.1, 0.15) is 0 Å². The molecule has 1 aromatic rings. The summed E-state index contributed by atoms with van der Waals surface area (Å²) in [6.45, 7) is 1.88. The number of benzene rings is 1. The van der Waals surface area contributed by atoms with Gasteiger partial charge >= 0.3 is 0 Å². The van der Waals surface area contributed by atoms with Gasteiger partial charge < -0.3 is 10.2 Å². The maximum Gasteiger partial charge on any atom is 0.227 e. The fourth-order valence-corrected chi connectivity index (χ4v) is 4.04. The minimum Gasteiger partial charge on any atom is -0.383 e. The maximum absolute atomic E-state index is 11.9. The maximum atomic E-state index is 11.9. The van der Waals surface area contributed by atoms with Gasteiger partial charge in [-0.1, -0.05) is 12.1 Å². The molecule has 1 unspecified atom stereocenters. The Kier molecular flexibility index (Phi) is 3.97. The van der Waals surface area contributed by atoms with E-state index in [1.54, 1.807) is 0 Å². The number of hydrogen-bond donors (Lipinski definition) is 1. The second-order valence-corrected chi connectivity index (χ2v) is 6.43. The molecule has 0 saturated carbocycles. The lowest BCUT2D eigenvalue weighted by Crippen LogP contribution is -2.25. The van der Waals surface area contributed by atoms with Crippen LogP contribution >= 0.6 is 11.8 Å². The minimum atomic E-state index is 0.255. The third kappa shape index (κ3) is 2.89. The van der Waals surface area contributed by atoms with Crippen molar-refractivity contribution in [3.63, 3.8) is 0 Å². The molecule has 3 rings (SSSR count).